The summed E-state index contributed by atoms with van der Waals surface area (Å²) in [5.74, 6) is 0. The van der Waals surface area contributed by atoms with E-state index in [0.29, 0.717) is 0 Å². The zero-order valence-electron chi connectivity index (χ0n) is 9.48. The molecule has 0 spiro atoms. The average Bonchev–Trinajstić information content (AvgIpc) is 2.73. The van der Waals surface area contributed by atoms with Gasteiger partial charge < -0.3 is 15.4 Å². The highest BCUT2D eigenvalue weighted by Gasteiger charge is 2.24. The molecule has 16 heavy (non-hydrogen) atoms. The molecule has 1 aromatic carbocycles. The van der Waals surface area contributed by atoms with Crippen molar-refractivity contribution in [2.45, 2.75) is 18.9 Å². The molecule has 0 aromatic heterocycles. The second-order valence-electron chi connectivity index (χ2n) is 4.59. The predicted octanol–water partition coefficient (Wildman–Crippen LogP) is 1.47. The van der Waals surface area contributed by atoms with Crippen molar-refractivity contribution in [3.05, 3.63) is 29.3 Å². The molecule has 3 heteroatoms. The second-order valence-corrected chi connectivity index (χ2v) is 4.59. The third kappa shape index (κ3) is 1.60. The smallest absolute Gasteiger partial charge is 0.0642 e. The third-order valence-electron chi connectivity index (χ3n) is 3.64. The Bertz CT molecular complexity index is 386. The number of anilines is 1. The highest BCUT2D eigenvalue weighted by Crippen LogP contribution is 2.36. The molecule has 1 aliphatic heterocycles. The summed E-state index contributed by atoms with van der Waals surface area (Å²) in [7, 11) is 0. The Kier molecular flexibility index (Phi) is 2.58. The predicted molar refractivity (Wildman–Crippen MR) is 64.7 cm³/mol. The minimum absolute atomic E-state index is 0.246. The van der Waals surface area contributed by atoms with Crippen molar-refractivity contribution in [2.75, 3.05) is 31.2 Å². The Hall–Kier alpha value is -1.06. The third-order valence-corrected chi connectivity index (χ3v) is 3.64. The van der Waals surface area contributed by atoms with Crippen molar-refractivity contribution in [3.63, 3.8) is 0 Å². The highest BCUT2D eigenvalue weighted by atomic mass is 16.5. The quantitative estimate of drug-likeness (QED) is 0.775. The van der Waals surface area contributed by atoms with Crippen molar-refractivity contribution in [1.82, 2.24) is 0 Å². The van der Waals surface area contributed by atoms with E-state index in [2.05, 4.69) is 23.1 Å². The monoisotopic (exact) mass is 218 g/mol. The van der Waals surface area contributed by atoms with Crippen LogP contribution in [-0.2, 0) is 11.2 Å². The summed E-state index contributed by atoms with van der Waals surface area (Å²) in [4.78, 5) is 2.43. The first-order valence-corrected chi connectivity index (χ1v) is 6.06. The summed E-state index contributed by atoms with van der Waals surface area (Å²) in [5.41, 5.74) is 10.3. The van der Waals surface area contributed by atoms with Gasteiger partial charge in [-0.05, 0) is 30.0 Å². The molecule has 1 fully saturated rings. The first-order chi connectivity index (χ1) is 7.86. The van der Waals surface area contributed by atoms with Crippen molar-refractivity contribution in [3.8, 4) is 0 Å². The van der Waals surface area contributed by atoms with Crippen LogP contribution in [0.1, 0.15) is 23.6 Å². The minimum atomic E-state index is 0.246. The van der Waals surface area contributed by atoms with Crippen molar-refractivity contribution in [2.24, 2.45) is 5.73 Å². The van der Waals surface area contributed by atoms with Crippen molar-refractivity contribution in [1.29, 1.82) is 0 Å². The summed E-state index contributed by atoms with van der Waals surface area (Å²) < 4.78 is 5.40. The van der Waals surface area contributed by atoms with Crippen LogP contribution in [0, 0.1) is 0 Å². The standard InChI is InChI=1S/C13H18N2O/c14-12-5-4-11-10(12)2-1-3-13(11)15-6-8-16-9-7-15/h1-3,12H,4-9,14H2/t12-/m1/s1. The van der Waals surface area contributed by atoms with E-state index >= 15 is 0 Å². The molecule has 3 nitrogen and oxygen atoms in total. The number of nitrogens with zero attached hydrogens (tertiary/aromatic N) is 1. The number of benzene rings is 1. The lowest BCUT2D eigenvalue weighted by Crippen LogP contribution is -2.36. The van der Waals surface area contributed by atoms with E-state index in [1.165, 1.54) is 16.8 Å². The number of hydrogen-bond donors (Lipinski definition) is 1. The molecule has 3 rings (SSSR count). The lowest BCUT2D eigenvalue weighted by Gasteiger charge is -2.30. The van der Waals surface area contributed by atoms with Crippen molar-refractivity contribution < 1.29 is 4.74 Å². The van der Waals surface area contributed by atoms with Crippen LogP contribution in [0.5, 0.6) is 0 Å². The van der Waals surface area contributed by atoms with Crippen LogP contribution >= 0.6 is 0 Å². The van der Waals surface area contributed by atoms with Crippen LogP contribution in [0.4, 0.5) is 5.69 Å². The number of ether oxygens (including phenoxy) is 1. The lowest BCUT2D eigenvalue weighted by atomic mass is 10.1. The van der Waals surface area contributed by atoms with Gasteiger partial charge in [0.05, 0.1) is 13.2 Å². The fraction of sp³-hybridized carbons (Fsp3) is 0.538. The van der Waals surface area contributed by atoms with Crippen LogP contribution in [0.25, 0.3) is 0 Å². The van der Waals surface area contributed by atoms with E-state index in [1.54, 1.807) is 0 Å². The molecule has 0 saturated carbocycles. The van der Waals surface area contributed by atoms with Gasteiger partial charge in [-0.1, -0.05) is 12.1 Å². The maximum atomic E-state index is 6.10. The molecule has 1 heterocycles. The lowest BCUT2D eigenvalue weighted by molar-refractivity contribution is 0.122. The molecule has 1 aliphatic carbocycles. The Balaban J connectivity index is 1.95. The largest absolute Gasteiger partial charge is 0.378 e. The fourth-order valence-corrected chi connectivity index (χ4v) is 2.77. The molecule has 0 unspecified atom stereocenters. The van der Waals surface area contributed by atoms with Gasteiger partial charge in [0, 0.05) is 24.8 Å². The normalized spacial score (nSPS) is 24.6. The molecule has 0 bridgehead atoms. The molecule has 0 radical (unpaired) electrons. The molecule has 1 aromatic rings. The van der Waals surface area contributed by atoms with Gasteiger partial charge >= 0.3 is 0 Å². The fourth-order valence-electron chi connectivity index (χ4n) is 2.77. The van der Waals surface area contributed by atoms with Gasteiger partial charge in [-0.2, -0.15) is 0 Å². The van der Waals surface area contributed by atoms with E-state index in [-0.39, 0.29) is 6.04 Å². The van der Waals surface area contributed by atoms with Crippen LogP contribution in [0.3, 0.4) is 0 Å². The van der Waals surface area contributed by atoms with Crippen LogP contribution in [-0.4, -0.2) is 26.3 Å². The Labute approximate surface area is 96.2 Å². The molecular formula is C13H18N2O. The van der Waals surface area contributed by atoms with Gasteiger partial charge in [0.15, 0.2) is 0 Å². The van der Waals surface area contributed by atoms with E-state index in [0.717, 1.165) is 39.1 Å². The van der Waals surface area contributed by atoms with Crippen LogP contribution in [0.2, 0.25) is 0 Å². The Morgan fingerprint density at radius 2 is 2.06 bits per heavy atom. The molecule has 2 aliphatic rings. The van der Waals surface area contributed by atoms with Crippen LogP contribution in [0.15, 0.2) is 18.2 Å². The number of nitrogens with two attached hydrogens (primary N) is 1. The van der Waals surface area contributed by atoms with E-state index < -0.39 is 0 Å². The van der Waals surface area contributed by atoms with Crippen molar-refractivity contribution >= 4 is 5.69 Å². The summed E-state index contributed by atoms with van der Waals surface area (Å²) in [5, 5.41) is 0. The van der Waals surface area contributed by atoms with Gasteiger partial charge in [-0.3, -0.25) is 0 Å². The van der Waals surface area contributed by atoms with E-state index in [1.807, 2.05) is 0 Å². The molecule has 86 valence electrons. The molecule has 1 atom stereocenters. The maximum absolute atomic E-state index is 6.10. The summed E-state index contributed by atoms with van der Waals surface area (Å²) in [6, 6.07) is 6.78. The number of hydrogen-bond acceptors (Lipinski definition) is 3. The average molecular weight is 218 g/mol. The summed E-state index contributed by atoms with van der Waals surface area (Å²) in [6.07, 6.45) is 2.22. The Morgan fingerprint density at radius 3 is 2.88 bits per heavy atom. The molecule has 2 N–H and O–H groups in total. The number of rotatable bonds is 1. The number of morpholine rings is 1. The minimum Gasteiger partial charge on any atom is -0.378 e. The first kappa shape index (κ1) is 10.1. The Morgan fingerprint density at radius 1 is 1.25 bits per heavy atom. The van der Waals surface area contributed by atoms with Gasteiger partial charge in [-0.25, -0.2) is 0 Å². The highest BCUT2D eigenvalue weighted by molar-refractivity contribution is 5.59. The van der Waals surface area contributed by atoms with Crippen LogP contribution < -0.4 is 10.6 Å². The van der Waals surface area contributed by atoms with E-state index in [4.69, 9.17) is 10.5 Å². The van der Waals surface area contributed by atoms with E-state index in [9.17, 15) is 0 Å². The van der Waals surface area contributed by atoms with Gasteiger partial charge in [-0.15, -0.1) is 0 Å². The van der Waals surface area contributed by atoms with Gasteiger partial charge in [0.2, 0.25) is 0 Å². The zero-order valence-corrected chi connectivity index (χ0v) is 9.48. The summed E-state index contributed by atoms with van der Waals surface area (Å²) >= 11 is 0. The molecule has 1 saturated heterocycles. The molecular weight excluding hydrogens is 200 g/mol. The SMILES string of the molecule is N[C@@H]1CCc2c1cccc2N1CCOCC1. The van der Waals surface area contributed by atoms with Gasteiger partial charge in [0.25, 0.3) is 0 Å². The zero-order chi connectivity index (χ0) is 11.0. The maximum Gasteiger partial charge on any atom is 0.0642 e. The second kappa shape index (κ2) is 4.07. The molecule has 0 amide bonds. The van der Waals surface area contributed by atoms with Gasteiger partial charge in [0.1, 0.15) is 0 Å². The first-order valence-electron chi connectivity index (χ1n) is 6.06. The summed E-state index contributed by atoms with van der Waals surface area (Å²) in [6.45, 7) is 3.70. The number of fused-ring (bicyclic) bond motifs is 1. The topological polar surface area (TPSA) is 38.5 Å².